The highest BCUT2D eigenvalue weighted by molar-refractivity contribution is 6.11. The molecule has 5 rings (SSSR count). The molecule has 2 aromatic carbocycles. The molecule has 1 aliphatic rings. The number of anilines is 1. The van der Waals surface area contributed by atoms with E-state index < -0.39 is 0 Å². The first-order chi connectivity index (χ1) is 14.7. The minimum absolute atomic E-state index is 0.698. The van der Waals surface area contributed by atoms with E-state index in [2.05, 4.69) is 30.0 Å². The zero-order valence-electron chi connectivity index (χ0n) is 17.6. The summed E-state index contributed by atoms with van der Waals surface area (Å²) in [6, 6.07) is 12.4. The number of piperidine rings is 1. The average molecular weight is 402 g/mol. The molecule has 1 aliphatic heterocycles. The van der Waals surface area contributed by atoms with Crippen molar-refractivity contribution in [2.24, 2.45) is 5.92 Å². The molecule has 1 unspecified atom stereocenters. The molecule has 5 heteroatoms. The van der Waals surface area contributed by atoms with Crippen LogP contribution in [0.2, 0.25) is 0 Å². The summed E-state index contributed by atoms with van der Waals surface area (Å²) < 4.78 is 17.0. The number of furan rings is 1. The maximum atomic E-state index is 5.89. The van der Waals surface area contributed by atoms with Gasteiger partial charge in [0.1, 0.15) is 11.4 Å². The second kappa shape index (κ2) is 7.56. The minimum Gasteiger partial charge on any atom is -0.493 e. The van der Waals surface area contributed by atoms with Crippen LogP contribution in [-0.4, -0.2) is 32.3 Å². The van der Waals surface area contributed by atoms with Crippen molar-refractivity contribution in [2.75, 3.05) is 32.2 Å². The Balaban J connectivity index is 1.65. The Bertz CT molecular complexity index is 1200. The highest BCUT2D eigenvalue weighted by Gasteiger charge is 2.19. The molecule has 2 aromatic heterocycles. The first-order valence-corrected chi connectivity index (χ1v) is 10.4. The van der Waals surface area contributed by atoms with Gasteiger partial charge in [0.05, 0.1) is 20.5 Å². The lowest BCUT2D eigenvalue weighted by Gasteiger charge is -2.31. The van der Waals surface area contributed by atoms with E-state index in [0.29, 0.717) is 17.4 Å². The Morgan fingerprint density at radius 1 is 1.03 bits per heavy atom. The van der Waals surface area contributed by atoms with Crippen molar-refractivity contribution >= 4 is 27.6 Å². The molecule has 0 aliphatic carbocycles. The molecular weight excluding hydrogens is 376 g/mol. The lowest BCUT2D eigenvalue weighted by Crippen LogP contribution is -2.34. The Labute approximate surface area is 176 Å². The number of methoxy groups -OCH3 is 2. The van der Waals surface area contributed by atoms with Crippen LogP contribution in [-0.2, 0) is 0 Å². The van der Waals surface area contributed by atoms with Gasteiger partial charge in [0.25, 0.3) is 0 Å². The Kier molecular flexibility index (Phi) is 4.74. The lowest BCUT2D eigenvalue weighted by atomic mass is 9.96. The first-order valence-electron chi connectivity index (χ1n) is 10.4. The Morgan fingerprint density at radius 2 is 1.87 bits per heavy atom. The van der Waals surface area contributed by atoms with Crippen LogP contribution in [0.5, 0.6) is 11.5 Å². The number of benzene rings is 2. The van der Waals surface area contributed by atoms with Crippen molar-refractivity contribution in [1.29, 1.82) is 0 Å². The van der Waals surface area contributed by atoms with Crippen LogP contribution in [0.4, 0.5) is 5.82 Å². The summed E-state index contributed by atoms with van der Waals surface area (Å²) >= 11 is 0. The van der Waals surface area contributed by atoms with Gasteiger partial charge in [-0.15, -0.1) is 0 Å². The zero-order chi connectivity index (χ0) is 20.7. The number of hydrogen-bond donors (Lipinski definition) is 0. The molecule has 30 heavy (non-hydrogen) atoms. The SMILES string of the molecule is COc1cc2cc3ccoc3c(-c3ccc(N4CCCC(C)C4)nc3)c2cc1OC. The third kappa shape index (κ3) is 3.15. The van der Waals surface area contributed by atoms with Crippen molar-refractivity contribution in [3.05, 3.63) is 48.9 Å². The van der Waals surface area contributed by atoms with Gasteiger partial charge < -0.3 is 18.8 Å². The molecule has 0 bridgehead atoms. The normalized spacial score (nSPS) is 16.9. The Morgan fingerprint density at radius 3 is 2.60 bits per heavy atom. The van der Waals surface area contributed by atoms with Crippen LogP contribution < -0.4 is 14.4 Å². The molecular formula is C25H26N2O3. The van der Waals surface area contributed by atoms with Crippen molar-refractivity contribution in [2.45, 2.75) is 19.8 Å². The number of aromatic nitrogens is 1. The topological polar surface area (TPSA) is 47.7 Å². The maximum absolute atomic E-state index is 5.89. The van der Waals surface area contributed by atoms with Crippen LogP contribution in [0.1, 0.15) is 19.8 Å². The van der Waals surface area contributed by atoms with Gasteiger partial charge in [-0.05, 0) is 65.9 Å². The second-order valence-corrected chi connectivity index (χ2v) is 8.12. The van der Waals surface area contributed by atoms with Crippen LogP contribution >= 0.6 is 0 Å². The molecule has 0 spiro atoms. The Hall–Kier alpha value is -3.21. The van der Waals surface area contributed by atoms with Gasteiger partial charge in [-0.2, -0.15) is 0 Å². The van der Waals surface area contributed by atoms with Crippen molar-refractivity contribution in [3.63, 3.8) is 0 Å². The summed E-state index contributed by atoms with van der Waals surface area (Å²) in [6.07, 6.45) is 6.22. The molecule has 5 nitrogen and oxygen atoms in total. The van der Waals surface area contributed by atoms with Crippen LogP contribution in [0, 0.1) is 5.92 Å². The third-order valence-electron chi connectivity index (χ3n) is 6.08. The molecule has 1 fully saturated rings. The summed E-state index contributed by atoms with van der Waals surface area (Å²) in [4.78, 5) is 7.20. The molecule has 0 amide bonds. The molecule has 0 radical (unpaired) electrons. The first kappa shape index (κ1) is 18.8. The van der Waals surface area contributed by atoms with Gasteiger partial charge in [0.2, 0.25) is 0 Å². The number of hydrogen-bond acceptors (Lipinski definition) is 5. The van der Waals surface area contributed by atoms with E-state index >= 15 is 0 Å². The monoisotopic (exact) mass is 402 g/mol. The summed E-state index contributed by atoms with van der Waals surface area (Å²) in [7, 11) is 3.32. The fourth-order valence-electron chi connectivity index (χ4n) is 4.56. The molecule has 154 valence electrons. The second-order valence-electron chi connectivity index (χ2n) is 8.12. The lowest BCUT2D eigenvalue weighted by molar-refractivity contribution is 0.356. The highest BCUT2D eigenvalue weighted by Crippen LogP contribution is 2.41. The molecule has 1 atom stereocenters. The standard InChI is InChI=1S/C25H26N2O3/c1-16-5-4-9-27(15-16)23-7-6-18(14-26-23)24-20-13-22(29-3)21(28-2)12-19(20)11-17-8-10-30-25(17)24/h6-8,10-14,16H,4-5,9,15H2,1-3H3. The quantitative estimate of drug-likeness (QED) is 0.425. The predicted octanol–water partition coefficient (Wildman–Crippen LogP) is 5.90. The van der Waals surface area contributed by atoms with Crippen molar-refractivity contribution in [1.82, 2.24) is 4.98 Å². The van der Waals surface area contributed by atoms with Gasteiger partial charge in [-0.3, -0.25) is 0 Å². The molecule has 0 N–H and O–H groups in total. The third-order valence-corrected chi connectivity index (χ3v) is 6.08. The molecule has 3 heterocycles. The van der Waals surface area contributed by atoms with E-state index in [1.54, 1.807) is 20.5 Å². The highest BCUT2D eigenvalue weighted by atomic mass is 16.5. The van der Waals surface area contributed by atoms with Gasteiger partial charge in [-0.25, -0.2) is 4.98 Å². The van der Waals surface area contributed by atoms with E-state index in [1.807, 2.05) is 24.4 Å². The van der Waals surface area contributed by atoms with E-state index in [4.69, 9.17) is 18.9 Å². The summed E-state index contributed by atoms with van der Waals surface area (Å²) in [5.74, 6) is 3.17. The number of rotatable bonds is 4. The average Bonchev–Trinajstić information content (AvgIpc) is 3.24. The number of pyridine rings is 1. The smallest absolute Gasteiger partial charge is 0.161 e. The van der Waals surface area contributed by atoms with Crippen molar-refractivity contribution < 1.29 is 13.9 Å². The summed E-state index contributed by atoms with van der Waals surface area (Å²) in [6.45, 7) is 4.45. The zero-order valence-corrected chi connectivity index (χ0v) is 17.6. The van der Waals surface area contributed by atoms with E-state index in [9.17, 15) is 0 Å². The number of ether oxygens (including phenoxy) is 2. The molecule has 4 aromatic rings. The molecule has 1 saturated heterocycles. The van der Waals surface area contributed by atoms with Crippen LogP contribution in [0.15, 0.2) is 53.3 Å². The van der Waals surface area contributed by atoms with Crippen molar-refractivity contribution in [3.8, 4) is 22.6 Å². The fourth-order valence-corrected chi connectivity index (χ4v) is 4.56. The van der Waals surface area contributed by atoms with Gasteiger partial charge >= 0.3 is 0 Å². The van der Waals surface area contributed by atoms with Gasteiger partial charge in [0.15, 0.2) is 11.5 Å². The van der Waals surface area contributed by atoms with Gasteiger partial charge in [0, 0.05) is 35.8 Å². The van der Waals surface area contributed by atoms with Crippen LogP contribution in [0.25, 0.3) is 32.9 Å². The maximum Gasteiger partial charge on any atom is 0.161 e. The van der Waals surface area contributed by atoms with Gasteiger partial charge in [-0.1, -0.05) is 6.92 Å². The number of fused-ring (bicyclic) bond motifs is 2. The minimum atomic E-state index is 0.698. The largest absolute Gasteiger partial charge is 0.493 e. The summed E-state index contributed by atoms with van der Waals surface area (Å²) in [5, 5.41) is 3.18. The fraction of sp³-hybridized carbons (Fsp3) is 0.320. The number of nitrogens with zero attached hydrogens (tertiary/aromatic N) is 2. The van der Waals surface area contributed by atoms with Crippen LogP contribution in [0.3, 0.4) is 0 Å². The summed E-state index contributed by atoms with van der Waals surface area (Å²) in [5.41, 5.74) is 2.91. The van der Waals surface area contributed by atoms with E-state index in [1.165, 1.54) is 12.8 Å². The van der Waals surface area contributed by atoms with E-state index in [0.717, 1.165) is 51.8 Å². The predicted molar refractivity (Wildman–Crippen MR) is 121 cm³/mol. The van der Waals surface area contributed by atoms with E-state index in [-0.39, 0.29) is 0 Å². The molecule has 0 saturated carbocycles.